The van der Waals surface area contributed by atoms with Gasteiger partial charge in [-0.3, -0.25) is 4.79 Å². The van der Waals surface area contributed by atoms with E-state index in [1.165, 1.54) is 0 Å². The number of rotatable bonds is 6. The molecule has 2 heterocycles. The summed E-state index contributed by atoms with van der Waals surface area (Å²) in [6.07, 6.45) is 1.61. The zero-order chi connectivity index (χ0) is 13.5. The molecule has 2 unspecified atom stereocenters. The van der Waals surface area contributed by atoms with Crippen LogP contribution >= 0.6 is 0 Å². The van der Waals surface area contributed by atoms with Crippen LogP contribution in [-0.2, 0) is 20.8 Å². The molecule has 2 atom stereocenters. The fourth-order valence-corrected chi connectivity index (χ4v) is 1.80. The molecule has 1 aromatic rings. The first-order chi connectivity index (χ1) is 9.25. The Morgan fingerprint density at radius 3 is 3.11 bits per heavy atom. The highest BCUT2D eigenvalue weighted by Crippen LogP contribution is 2.00. The van der Waals surface area contributed by atoms with Gasteiger partial charge in [0.15, 0.2) is 0 Å². The van der Waals surface area contributed by atoms with E-state index in [1.807, 2.05) is 13.0 Å². The maximum absolute atomic E-state index is 11.8. The zero-order valence-electron chi connectivity index (χ0n) is 11.1. The van der Waals surface area contributed by atoms with Gasteiger partial charge in [-0.25, -0.2) is 0 Å². The predicted octanol–water partition coefficient (Wildman–Crippen LogP) is 0.289. The zero-order valence-corrected chi connectivity index (χ0v) is 11.1. The molecule has 1 aliphatic rings. The Morgan fingerprint density at radius 1 is 1.53 bits per heavy atom. The highest BCUT2D eigenvalue weighted by Gasteiger charge is 2.18. The Kier molecular flexibility index (Phi) is 5.38. The van der Waals surface area contributed by atoms with Gasteiger partial charge >= 0.3 is 0 Å². The third-order valence-corrected chi connectivity index (χ3v) is 2.95. The van der Waals surface area contributed by atoms with Gasteiger partial charge < -0.3 is 24.5 Å². The van der Waals surface area contributed by atoms with Gasteiger partial charge in [0.2, 0.25) is 5.91 Å². The van der Waals surface area contributed by atoms with Crippen LogP contribution in [-0.4, -0.2) is 44.4 Å². The van der Waals surface area contributed by atoms with Crippen molar-refractivity contribution >= 4 is 5.91 Å². The minimum atomic E-state index is -0.277. The number of carbonyl (C=O) groups excluding carboxylic acids is 1. The van der Waals surface area contributed by atoms with Crippen LogP contribution in [0.4, 0.5) is 0 Å². The van der Waals surface area contributed by atoms with Gasteiger partial charge in [-0.15, -0.1) is 0 Å². The maximum atomic E-state index is 11.8. The average molecular weight is 268 g/mol. The summed E-state index contributed by atoms with van der Waals surface area (Å²) in [6, 6.07) is 3.34. The van der Waals surface area contributed by atoms with Crippen molar-refractivity contribution < 1.29 is 18.7 Å². The predicted molar refractivity (Wildman–Crippen MR) is 68.6 cm³/mol. The van der Waals surface area contributed by atoms with Gasteiger partial charge in [-0.2, -0.15) is 0 Å². The normalized spacial score (nSPS) is 21.0. The summed E-state index contributed by atoms with van der Waals surface area (Å²) < 4.78 is 15.9. The van der Waals surface area contributed by atoms with E-state index >= 15 is 0 Å². The molecular weight excluding hydrogens is 248 g/mol. The van der Waals surface area contributed by atoms with Gasteiger partial charge in [0.05, 0.1) is 44.8 Å². The van der Waals surface area contributed by atoms with Crippen molar-refractivity contribution in [3.8, 4) is 0 Å². The largest absolute Gasteiger partial charge is 0.467 e. The fraction of sp³-hybridized carbons (Fsp3) is 0.615. The quantitative estimate of drug-likeness (QED) is 0.776. The van der Waals surface area contributed by atoms with Gasteiger partial charge in [-0.1, -0.05) is 0 Å². The Bertz CT molecular complexity index is 374. The number of nitrogens with one attached hydrogen (secondary N) is 2. The lowest BCUT2D eigenvalue weighted by atomic mass is 10.2. The molecule has 1 aromatic heterocycles. The van der Waals surface area contributed by atoms with Crippen molar-refractivity contribution in [2.75, 3.05) is 26.4 Å². The highest BCUT2D eigenvalue weighted by molar-refractivity contribution is 5.81. The molecule has 0 aromatic carbocycles. The Balaban J connectivity index is 1.64. The van der Waals surface area contributed by atoms with Crippen LogP contribution in [0.1, 0.15) is 12.7 Å². The Labute approximate surface area is 112 Å². The van der Waals surface area contributed by atoms with Crippen LogP contribution in [0.15, 0.2) is 22.8 Å². The number of ether oxygens (including phenoxy) is 2. The molecule has 2 N–H and O–H groups in total. The van der Waals surface area contributed by atoms with Crippen LogP contribution in [0.25, 0.3) is 0 Å². The minimum Gasteiger partial charge on any atom is -0.467 e. The summed E-state index contributed by atoms with van der Waals surface area (Å²) in [6.45, 7) is 4.67. The maximum Gasteiger partial charge on any atom is 0.237 e. The van der Waals surface area contributed by atoms with Crippen LogP contribution in [0.2, 0.25) is 0 Å². The topological polar surface area (TPSA) is 72.7 Å². The van der Waals surface area contributed by atoms with E-state index in [4.69, 9.17) is 13.9 Å². The first-order valence-corrected chi connectivity index (χ1v) is 6.48. The van der Waals surface area contributed by atoms with Crippen LogP contribution in [0.5, 0.6) is 0 Å². The number of hydrogen-bond donors (Lipinski definition) is 2. The minimum absolute atomic E-state index is 0.0223. The molecule has 0 radical (unpaired) electrons. The summed E-state index contributed by atoms with van der Waals surface area (Å²) in [5.41, 5.74) is 0. The third kappa shape index (κ3) is 4.66. The molecule has 106 valence electrons. The standard InChI is InChI=1S/C13H20N2O4/c1-10(14-8-12-9-17-5-6-19-12)13(16)15-7-11-3-2-4-18-11/h2-4,10,12,14H,5-9H2,1H3,(H,15,16). The lowest BCUT2D eigenvalue weighted by Gasteiger charge is -2.24. The van der Waals surface area contributed by atoms with Crippen LogP contribution < -0.4 is 10.6 Å². The molecule has 0 bridgehead atoms. The van der Waals surface area contributed by atoms with E-state index in [0.717, 1.165) is 5.76 Å². The summed E-state index contributed by atoms with van der Waals surface area (Å²) in [7, 11) is 0. The second-order valence-corrected chi connectivity index (χ2v) is 4.49. The van der Waals surface area contributed by atoms with E-state index in [9.17, 15) is 4.79 Å². The number of amides is 1. The molecule has 2 rings (SSSR count). The van der Waals surface area contributed by atoms with Crippen molar-refractivity contribution in [2.45, 2.75) is 25.6 Å². The molecule has 1 fully saturated rings. The molecule has 6 heteroatoms. The van der Waals surface area contributed by atoms with Crippen LogP contribution in [0, 0.1) is 0 Å². The number of carbonyl (C=O) groups is 1. The van der Waals surface area contributed by atoms with Crippen molar-refractivity contribution in [1.82, 2.24) is 10.6 Å². The SMILES string of the molecule is CC(NCC1COCCO1)C(=O)NCc1ccco1. The lowest BCUT2D eigenvalue weighted by molar-refractivity contribution is -0.123. The molecule has 0 saturated carbocycles. The van der Waals surface area contributed by atoms with Crippen molar-refractivity contribution in [3.63, 3.8) is 0 Å². The molecule has 0 aliphatic carbocycles. The fourth-order valence-electron chi connectivity index (χ4n) is 1.80. The summed E-state index contributed by atoms with van der Waals surface area (Å²) in [5, 5.41) is 5.94. The Hall–Kier alpha value is -1.37. The average Bonchev–Trinajstić information content (AvgIpc) is 2.96. The molecule has 6 nitrogen and oxygen atoms in total. The van der Waals surface area contributed by atoms with Crippen molar-refractivity contribution in [2.24, 2.45) is 0 Å². The summed E-state index contributed by atoms with van der Waals surface area (Å²) >= 11 is 0. The van der Waals surface area contributed by atoms with E-state index in [2.05, 4.69) is 10.6 Å². The van der Waals surface area contributed by atoms with Gasteiger partial charge in [0, 0.05) is 6.54 Å². The van der Waals surface area contributed by atoms with Gasteiger partial charge in [-0.05, 0) is 19.1 Å². The van der Waals surface area contributed by atoms with Gasteiger partial charge in [0.25, 0.3) is 0 Å². The molecule has 1 aliphatic heterocycles. The van der Waals surface area contributed by atoms with Gasteiger partial charge in [0.1, 0.15) is 5.76 Å². The first kappa shape index (κ1) is 14.0. The smallest absolute Gasteiger partial charge is 0.237 e. The van der Waals surface area contributed by atoms with Crippen molar-refractivity contribution in [1.29, 1.82) is 0 Å². The van der Waals surface area contributed by atoms with E-state index in [0.29, 0.717) is 32.9 Å². The van der Waals surface area contributed by atoms with Crippen molar-refractivity contribution in [3.05, 3.63) is 24.2 Å². The van der Waals surface area contributed by atoms with E-state index in [1.54, 1.807) is 12.3 Å². The molecular formula is C13H20N2O4. The summed E-state index contributed by atoms with van der Waals surface area (Å²) in [5.74, 6) is 0.678. The van der Waals surface area contributed by atoms with Crippen LogP contribution in [0.3, 0.4) is 0 Å². The van der Waals surface area contributed by atoms with E-state index < -0.39 is 0 Å². The number of furan rings is 1. The lowest BCUT2D eigenvalue weighted by Crippen LogP contribution is -2.46. The molecule has 1 amide bonds. The molecule has 0 spiro atoms. The third-order valence-electron chi connectivity index (χ3n) is 2.95. The van der Waals surface area contributed by atoms with E-state index in [-0.39, 0.29) is 18.1 Å². The second kappa shape index (κ2) is 7.28. The highest BCUT2D eigenvalue weighted by atomic mass is 16.6. The second-order valence-electron chi connectivity index (χ2n) is 4.49. The molecule has 19 heavy (non-hydrogen) atoms. The monoisotopic (exact) mass is 268 g/mol. The summed E-state index contributed by atoms with van der Waals surface area (Å²) in [4.78, 5) is 11.8. The Morgan fingerprint density at radius 2 is 2.42 bits per heavy atom. The first-order valence-electron chi connectivity index (χ1n) is 6.48. The number of hydrogen-bond acceptors (Lipinski definition) is 5. The molecule has 1 saturated heterocycles.